The number of aliphatic carboxylic acids is 2. The topological polar surface area (TPSA) is 470 Å². The molecule has 0 radical (unpaired) electrons. The number of hydrogen-bond acceptors (Lipinski definition) is 24. The maximum atomic E-state index is 15.5. The van der Waals surface area contributed by atoms with Crippen molar-refractivity contribution in [1.29, 1.82) is 0 Å². The summed E-state index contributed by atoms with van der Waals surface area (Å²) in [5, 5.41) is 108. The number of carbonyl (C=O) groups is 8. The number of allylic oxidation sites excluding steroid dienone is 3. The van der Waals surface area contributed by atoms with Gasteiger partial charge in [0.05, 0.1) is 52.3 Å². The van der Waals surface area contributed by atoms with E-state index in [1.165, 1.54) is 49.6 Å². The van der Waals surface area contributed by atoms with Crippen molar-refractivity contribution in [3.63, 3.8) is 0 Å². The fourth-order valence-corrected chi connectivity index (χ4v) is 16.3. The van der Waals surface area contributed by atoms with Gasteiger partial charge in [-0.3, -0.25) is 24.0 Å². The molecule has 116 heavy (non-hydrogen) atoms. The first-order valence-corrected chi connectivity index (χ1v) is 39.1. The molecule has 12 rings (SSSR count). The minimum absolute atomic E-state index is 0.0130. The van der Waals surface area contributed by atoms with Gasteiger partial charge in [0.1, 0.15) is 89.9 Å². The van der Waals surface area contributed by atoms with Crippen LogP contribution in [0.1, 0.15) is 113 Å². The van der Waals surface area contributed by atoms with Crippen LogP contribution in [-0.4, -0.2) is 207 Å². The molecule has 1 saturated carbocycles. The summed E-state index contributed by atoms with van der Waals surface area (Å²) in [7, 11) is 1.26. The van der Waals surface area contributed by atoms with Gasteiger partial charge in [-0.1, -0.05) is 116 Å². The fourth-order valence-electron chi connectivity index (χ4n) is 15.5. The van der Waals surface area contributed by atoms with Crippen LogP contribution in [0.25, 0.3) is 22.3 Å². The Morgan fingerprint density at radius 3 is 2.29 bits per heavy atom. The van der Waals surface area contributed by atoms with Crippen LogP contribution in [0.3, 0.4) is 0 Å². The van der Waals surface area contributed by atoms with Crippen LogP contribution in [-0.2, 0) is 84.7 Å². The minimum Gasteiger partial charge on any atom is -0.508 e. The molecule has 624 valence electrons. The highest BCUT2D eigenvalue weighted by molar-refractivity contribution is 6.33. The number of fused-ring (bicyclic) bond motifs is 9. The van der Waals surface area contributed by atoms with Crippen molar-refractivity contribution in [3.8, 4) is 45.3 Å². The van der Waals surface area contributed by atoms with E-state index in [0.29, 0.717) is 34.9 Å². The van der Waals surface area contributed by atoms with Gasteiger partial charge in [0.2, 0.25) is 30.0 Å². The van der Waals surface area contributed by atoms with Crippen molar-refractivity contribution < 1.29 is 117 Å². The molecule has 7 aliphatic rings. The maximum absolute atomic E-state index is 15.5. The first kappa shape index (κ1) is 87.5. The number of ether oxygens (including phenoxy) is 8. The number of rotatable bonds is 31. The van der Waals surface area contributed by atoms with Crippen LogP contribution < -0.4 is 42.4 Å². The van der Waals surface area contributed by atoms with Gasteiger partial charge >= 0.3 is 11.9 Å². The van der Waals surface area contributed by atoms with Crippen LogP contribution in [0, 0.1) is 17.3 Å². The van der Waals surface area contributed by atoms with E-state index in [2.05, 4.69) is 45.7 Å². The second kappa shape index (κ2) is 38.4. The third-order valence-electron chi connectivity index (χ3n) is 22.2. The number of primary amides is 1. The van der Waals surface area contributed by atoms with Crippen LogP contribution in [0.5, 0.6) is 23.0 Å². The number of amides is 5. The number of aliphatic hydroxyl groups is 3. The molecule has 4 heterocycles. The number of methoxy groups -OCH3 is 1. The van der Waals surface area contributed by atoms with E-state index >= 15 is 4.79 Å². The second-order valence-corrected chi connectivity index (χ2v) is 31.7. The average molecular weight is 1670 g/mol. The van der Waals surface area contributed by atoms with Crippen molar-refractivity contribution in [2.24, 2.45) is 23.0 Å². The zero-order chi connectivity index (χ0) is 83.6. The van der Waals surface area contributed by atoms with Crippen molar-refractivity contribution in [1.82, 2.24) is 31.9 Å². The van der Waals surface area contributed by atoms with Crippen molar-refractivity contribution in [2.75, 3.05) is 26.7 Å². The molecule has 19 atom stereocenters. The lowest BCUT2D eigenvalue weighted by molar-refractivity contribution is -0.470. The summed E-state index contributed by atoms with van der Waals surface area (Å²) in [5.74, 6) is -8.83. The molecule has 16 N–H and O–H groups in total. The van der Waals surface area contributed by atoms with Gasteiger partial charge in [-0.15, -0.1) is 0 Å². The summed E-state index contributed by atoms with van der Waals surface area (Å²) < 4.78 is 53.2. The predicted octanol–water partition coefficient (Wildman–Crippen LogP) is 6.40. The minimum atomic E-state index is -1.94. The normalized spacial score (nSPS) is 28.0. The molecular weight excluding hydrogens is 1570 g/mol. The van der Waals surface area contributed by atoms with Gasteiger partial charge in [0.25, 0.3) is 0 Å². The van der Waals surface area contributed by atoms with E-state index in [1.807, 2.05) is 30.3 Å². The number of benzene rings is 5. The number of carbonyl (C=O) groups excluding carboxylic acids is 6. The highest BCUT2D eigenvalue weighted by Gasteiger charge is 2.79. The lowest BCUT2D eigenvalue weighted by Crippen LogP contribution is -2.90. The Hall–Kier alpha value is -9.29. The predicted molar refractivity (Wildman–Crippen MR) is 419 cm³/mol. The van der Waals surface area contributed by atoms with Gasteiger partial charge in [-0.25, -0.2) is 9.59 Å². The molecule has 2 saturated heterocycles. The molecule has 3 fully saturated rings. The van der Waals surface area contributed by atoms with E-state index in [1.54, 1.807) is 44.2 Å². The van der Waals surface area contributed by atoms with Gasteiger partial charge < -0.3 is 121 Å². The van der Waals surface area contributed by atoms with E-state index in [4.69, 9.17) is 78.4 Å². The summed E-state index contributed by atoms with van der Waals surface area (Å²) in [5.41, 5.74) is 4.94. The monoisotopic (exact) mass is 1670 g/mol. The number of phenolic OH excluding ortho intramolecular Hbond substituents is 3. The molecule has 0 aromatic heterocycles. The van der Waals surface area contributed by atoms with E-state index in [-0.39, 0.29) is 94.8 Å². The Balaban J connectivity index is 0.988. The molecule has 3 aliphatic carbocycles. The molecule has 6 bridgehead atoms. The van der Waals surface area contributed by atoms with Crippen molar-refractivity contribution in [3.05, 3.63) is 164 Å². The lowest BCUT2D eigenvalue weighted by atomic mass is 9.48. The smallest absolute Gasteiger partial charge is 0.334 e. The van der Waals surface area contributed by atoms with Crippen LogP contribution in [0.2, 0.25) is 10.0 Å². The Bertz CT molecular complexity index is 4530. The number of nitrogens with two attached hydrogens (primary N) is 1. The third-order valence-corrected chi connectivity index (χ3v) is 23.2. The molecule has 31 nitrogen and oxygen atoms in total. The number of phenols is 3. The summed E-state index contributed by atoms with van der Waals surface area (Å²) in [6.45, 7) is 7.44. The van der Waals surface area contributed by atoms with Gasteiger partial charge in [0, 0.05) is 79.3 Å². The molecule has 4 aliphatic heterocycles. The summed E-state index contributed by atoms with van der Waals surface area (Å²) in [6.07, 6.45) is -13.7. The number of carboxylic acid groups (broad SMARTS) is 2. The zero-order valence-corrected chi connectivity index (χ0v) is 66.3. The number of aliphatic hydroxyl groups excluding tert-OH is 3. The highest BCUT2D eigenvalue weighted by atomic mass is 35.5. The number of aromatic hydroxyl groups is 3. The third kappa shape index (κ3) is 19.8. The molecular formula is C82H96Cl3N7O24. The molecule has 5 aromatic rings. The number of halogens is 3. The first-order valence-electron chi connectivity index (χ1n) is 38.0. The summed E-state index contributed by atoms with van der Waals surface area (Å²) >= 11 is 20.9. The molecule has 5 aromatic carbocycles. The van der Waals surface area contributed by atoms with Crippen LogP contribution in [0.15, 0.2) is 132 Å². The van der Waals surface area contributed by atoms with Crippen LogP contribution in [0.4, 0.5) is 0 Å². The van der Waals surface area contributed by atoms with Crippen molar-refractivity contribution in [2.45, 2.75) is 196 Å². The Morgan fingerprint density at radius 1 is 0.853 bits per heavy atom. The fraction of sp³-hybridized carbons (Fsp3) is 0.463. The summed E-state index contributed by atoms with van der Waals surface area (Å²) in [6, 6.07) is 19.4. The van der Waals surface area contributed by atoms with Gasteiger partial charge in [0.15, 0.2) is 24.7 Å². The van der Waals surface area contributed by atoms with E-state index in [9.17, 15) is 74.4 Å². The van der Waals surface area contributed by atoms with Crippen LogP contribution >= 0.6 is 34.8 Å². The lowest BCUT2D eigenvalue weighted by Gasteiger charge is -2.73. The Morgan fingerprint density at radius 2 is 1.61 bits per heavy atom. The number of carboxylic acids is 2. The van der Waals surface area contributed by atoms with Crippen molar-refractivity contribution >= 4 is 83.1 Å². The van der Waals surface area contributed by atoms with E-state index < -0.39 is 193 Å². The van der Waals surface area contributed by atoms with Gasteiger partial charge in [-0.2, -0.15) is 0 Å². The second-order valence-electron chi connectivity index (χ2n) is 30.4. The molecule has 34 heteroatoms. The average Bonchev–Trinajstić information content (AvgIpc) is 0.661. The number of nitrogens with one attached hydrogen (secondary N) is 6. The Kier molecular flexibility index (Phi) is 29.0. The molecule has 19 unspecified atom stereocenters. The van der Waals surface area contributed by atoms with Gasteiger partial charge in [-0.05, 0) is 127 Å². The zero-order valence-electron chi connectivity index (χ0n) is 64.0. The first-order chi connectivity index (χ1) is 55.3. The number of hydrogen-bond donors (Lipinski definition) is 15. The maximum Gasteiger partial charge on any atom is 0.334 e. The van der Waals surface area contributed by atoms with E-state index in [0.717, 1.165) is 36.1 Å². The SMILES string of the molecule is COC1C(O)C(CC=O)OC(OC2C(Oc3ccc(C(O)CNCCCC(C)C)cc3Cl)C=C3CC2OC2=C(Cl)CC(C=C2)CCC(=O)NC(C(=O)O)c2cc(O)cc(O)c2-c2cc(ccc2O)CNC(=O)C3NC(=O)CC(NC=O)C(N)=O)C1OC1OC2C(O)C(C)(NCC(OCc3ccc(-c4ccccc4Cl)cc3)C(=O)O)C12C. The standard InChI is InChI=1S/C82H96Cl3N7O24/c1-40(2)9-8-25-87-36-57(98)45-19-22-59(53(85)29-45)112-62-31-46-30-61(70(62)114-79-72(71(109-5)69(101)60(113-79)24-26-93)115-80-81(3)74(116-80)73(102)82(81,4)90-37-63(77(105)106)110-38-42-12-17-44(18-13-42)48-10-6-7-11-51(48)83)111-58-21-15-41(28-52(58)84)16-23-64(99)91-68(78(107)108)50-32-47(95)33-56(97)66(50)49-27-43(14-20-55(49)96)35-88-76(104)67(46)92-65(100)34-54(75(86)103)89-39-94/h6-7,10-15,17-22,26-27,29,31-33,39-41,54,57,60-63,67-74,79-80,87,90,95-98,101-102H,8-9,16,23-25,28,30,34-38H2,1-5H3,(H2,86,103)(H,88,104)(H,89,94)(H,91,99)(H,92,100)(H,105,106)(H,107,108). The quantitative estimate of drug-likeness (QED) is 0.0129. The molecule has 0 spiro atoms. The number of aldehydes is 1. The largest absolute Gasteiger partial charge is 0.508 e. The Labute approximate surface area is 683 Å². The molecule has 5 amide bonds. The highest BCUT2D eigenvalue weighted by Crippen LogP contribution is 2.63. The summed E-state index contributed by atoms with van der Waals surface area (Å²) in [4.78, 5) is 107.